The van der Waals surface area contributed by atoms with E-state index in [0.29, 0.717) is 0 Å². The molecule has 0 spiro atoms. The second-order valence-electron chi connectivity index (χ2n) is 6.92. The van der Waals surface area contributed by atoms with Gasteiger partial charge in [-0.05, 0) is 0 Å². The van der Waals surface area contributed by atoms with Gasteiger partial charge in [-0.15, -0.1) is 0 Å². The highest BCUT2D eigenvalue weighted by atomic mass is 16.4. The van der Waals surface area contributed by atoms with Gasteiger partial charge in [0.25, 0.3) is 0 Å². The summed E-state index contributed by atoms with van der Waals surface area (Å²) in [5, 5.41) is 77.3. The highest BCUT2D eigenvalue weighted by Gasteiger charge is 2.32. The molecule has 0 aliphatic carbocycles. The summed E-state index contributed by atoms with van der Waals surface area (Å²) in [6.07, 6.45) is -8.39. The predicted molar refractivity (Wildman–Crippen MR) is 94.0 cm³/mol. The third kappa shape index (κ3) is 8.09. The van der Waals surface area contributed by atoms with E-state index < -0.39 is 55.1 Å². The molecule has 0 aromatic rings. The minimum atomic E-state index is -1.73. The molecule has 26 heavy (non-hydrogen) atoms. The van der Waals surface area contributed by atoms with Crippen LogP contribution in [0.15, 0.2) is 0 Å². The molecule has 0 aromatic carbocycles. The standard InChI is InChI=1S/C16H36N2O8/c1-9(7-19)14(24)10(2)11(21)5-18(4-3-17)6-12(22)15(25)16(26)13(23)8-20/h9-16,19-26H,3-8,17H2,1-2H3/t9-,10-,11+,12+,13-,14-,15-,16-/m1/s1. The Bertz CT molecular complexity index is 335. The molecule has 0 aliphatic heterocycles. The lowest BCUT2D eigenvalue weighted by Gasteiger charge is -2.34. The largest absolute Gasteiger partial charge is 0.396 e. The van der Waals surface area contributed by atoms with Crippen molar-refractivity contribution in [2.24, 2.45) is 17.6 Å². The van der Waals surface area contributed by atoms with Crippen LogP contribution >= 0.6 is 0 Å². The van der Waals surface area contributed by atoms with Gasteiger partial charge in [-0.1, -0.05) is 13.8 Å². The minimum absolute atomic E-state index is 0.0377. The van der Waals surface area contributed by atoms with Gasteiger partial charge in [0.2, 0.25) is 0 Å². The highest BCUT2D eigenvalue weighted by molar-refractivity contribution is 4.84. The lowest BCUT2D eigenvalue weighted by Crippen LogP contribution is -2.52. The molecule has 8 atom stereocenters. The van der Waals surface area contributed by atoms with Gasteiger partial charge in [-0.25, -0.2) is 0 Å². The Morgan fingerprint density at radius 3 is 1.69 bits per heavy atom. The van der Waals surface area contributed by atoms with E-state index in [1.807, 2.05) is 0 Å². The molecular weight excluding hydrogens is 348 g/mol. The van der Waals surface area contributed by atoms with Crippen LogP contribution in [0.5, 0.6) is 0 Å². The molecule has 0 radical (unpaired) electrons. The number of rotatable bonds is 14. The van der Waals surface area contributed by atoms with E-state index in [4.69, 9.17) is 15.9 Å². The van der Waals surface area contributed by atoms with E-state index in [1.165, 1.54) is 0 Å². The number of hydrogen-bond acceptors (Lipinski definition) is 10. The zero-order valence-electron chi connectivity index (χ0n) is 15.5. The smallest absolute Gasteiger partial charge is 0.111 e. The molecule has 0 fully saturated rings. The Kier molecular flexibility index (Phi) is 12.7. The fourth-order valence-corrected chi connectivity index (χ4v) is 2.66. The van der Waals surface area contributed by atoms with Crippen molar-refractivity contribution in [1.29, 1.82) is 0 Å². The molecule has 0 saturated heterocycles. The maximum Gasteiger partial charge on any atom is 0.111 e. The van der Waals surface area contributed by atoms with Gasteiger partial charge in [0, 0.05) is 44.6 Å². The van der Waals surface area contributed by atoms with E-state index in [2.05, 4.69) is 0 Å². The third-order valence-corrected chi connectivity index (χ3v) is 4.68. The first-order valence-electron chi connectivity index (χ1n) is 8.83. The van der Waals surface area contributed by atoms with Crippen molar-refractivity contribution in [3.63, 3.8) is 0 Å². The van der Waals surface area contributed by atoms with Gasteiger partial charge in [-0.2, -0.15) is 0 Å². The van der Waals surface area contributed by atoms with Crippen molar-refractivity contribution >= 4 is 0 Å². The average Bonchev–Trinajstić information content (AvgIpc) is 2.63. The number of aliphatic hydroxyl groups excluding tert-OH is 8. The van der Waals surface area contributed by atoms with Crippen LogP contribution in [0.25, 0.3) is 0 Å². The summed E-state index contributed by atoms with van der Waals surface area (Å²) in [6, 6.07) is 0. The number of nitrogens with zero attached hydrogens (tertiary/aromatic N) is 1. The highest BCUT2D eigenvalue weighted by Crippen LogP contribution is 2.17. The molecule has 158 valence electrons. The van der Waals surface area contributed by atoms with Crippen molar-refractivity contribution < 1.29 is 40.9 Å². The van der Waals surface area contributed by atoms with Crippen molar-refractivity contribution in [1.82, 2.24) is 4.90 Å². The van der Waals surface area contributed by atoms with Crippen LogP contribution in [-0.4, -0.2) is 122 Å². The zero-order valence-corrected chi connectivity index (χ0v) is 15.5. The normalized spacial score (nSPS) is 21.7. The lowest BCUT2D eigenvalue weighted by atomic mass is 9.89. The third-order valence-electron chi connectivity index (χ3n) is 4.68. The summed E-state index contributed by atoms with van der Waals surface area (Å²) in [4.78, 5) is 1.56. The van der Waals surface area contributed by atoms with Crippen molar-refractivity contribution in [3.8, 4) is 0 Å². The first kappa shape index (κ1) is 25.6. The number of nitrogens with two attached hydrogens (primary N) is 1. The van der Waals surface area contributed by atoms with Gasteiger partial charge in [0.05, 0.1) is 24.9 Å². The fourth-order valence-electron chi connectivity index (χ4n) is 2.66. The van der Waals surface area contributed by atoms with E-state index in [1.54, 1.807) is 18.7 Å². The van der Waals surface area contributed by atoms with E-state index >= 15 is 0 Å². The van der Waals surface area contributed by atoms with Crippen LogP contribution in [-0.2, 0) is 0 Å². The molecule has 0 amide bonds. The maximum absolute atomic E-state index is 10.3. The average molecular weight is 384 g/mol. The Morgan fingerprint density at radius 1 is 0.731 bits per heavy atom. The topological polar surface area (TPSA) is 191 Å². The number of aliphatic hydroxyl groups is 8. The van der Waals surface area contributed by atoms with Crippen LogP contribution in [0, 0.1) is 11.8 Å². The van der Waals surface area contributed by atoms with Gasteiger partial charge in [-0.3, -0.25) is 4.90 Å². The molecule has 10 nitrogen and oxygen atoms in total. The molecule has 0 aromatic heterocycles. The van der Waals surface area contributed by atoms with Crippen LogP contribution < -0.4 is 5.73 Å². The van der Waals surface area contributed by atoms with Crippen molar-refractivity contribution in [2.45, 2.75) is 50.5 Å². The van der Waals surface area contributed by atoms with Gasteiger partial charge < -0.3 is 46.6 Å². The fraction of sp³-hybridized carbons (Fsp3) is 1.00. The summed E-state index contributed by atoms with van der Waals surface area (Å²) in [5.74, 6) is -0.966. The maximum atomic E-state index is 10.3. The summed E-state index contributed by atoms with van der Waals surface area (Å²) >= 11 is 0. The SMILES string of the molecule is C[C@@H]([C@H](O)[C@H](C)CO)[C@@H](O)CN(CCN)C[C@H](O)[C@@H](O)[C@H](O)[C@H](O)CO. The second kappa shape index (κ2) is 12.9. The monoisotopic (exact) mass is 384 g/mol. The Labute approximate surface area is 154 Å². The first-order valence-corrected chi connectivity index (χ1v) is 8.83. The van der Waals surface area contributed by atoms with Crippen LogP contribution in [0.4, 0.5) is 0 Å². The summed E-state index contributed by atoms with van der Waals surface area (Å²) < 4.78 is 0. The van der Waals surface area contributed by atoms with Gasteiger partial charge in [0.15, 0.2) is 0 Å². The lowest BCUT2D eigenvalue weighted by molar-refractivity contribution is -0.121. The molecule has 0 aliphatic rings. The molecule has 10 N–H and O–H groups in total. The second-order valence-corrected chi connectivity index (χ2v) is 6.92. The van der Waals surface area contributed by atoms with Crippen LogP contribution in [0.2, 0.25) is 0 Å². The van der Waals surface area contributed by atoms with Gasteiger partial charge >= 0.3 is 0 Å². The quantitative estimate of drug-likeness (QED) is 0.141. The Balaban J connectivity index is 4.81. The molecule has 0 heterocycles. The summed E-state index contributed by atoms with van der Waals surface area (Å²) in [5.41, 5.74) is 5.52. The summed E-state index contributed by atoms with van der Waals surface area (Å²) in [6.45, 7) is 2.67. The zero-order chi connectivity index (χ0) is 20.4. The summed E-state index contributed by atoms with van der Waals surface area (Å²) in [7, 11) is 0. The first-order chi connectivity index (χ1) is 12.1. The van der Waals surface area contributed by atoms with E-state index in [9.17, 15) is 30.6 Å². The Morgan fingerprint density at radius 2 is 1.23 bits per heavy atom. The molecule has 0 rings (SSSR count). The number of hydrogen-bond donors (Lipinski definition) is 9. The van der Waals surface area contributed by atoms with Gasteiger partial charge in [0.1, 0.15) is 18.3 Å². The molecule has 10 heteroatoms. The van der Waals surface area contributed by atoms with Crippen LogP contribution in [0.3, 0.4) is 0 Å². The van der Waals surface area contributed by atoms with Crippen molar-refractivity contribution in [2.75, 3.05) is 39.4 Å². The van der Waals surface area contributed by atoms with E-state index in [-0.39, 0.29) is 32.8 Å². The Hall–Kier alpha value is -0.400. The molecule has 0 saturated carbocycles. The van der Waals surface area contributed by atoms with Crippen molar-refractivity contribution in [3.05, 3.63) is 0 Å². The molecule has 0 unspecified atom stereocenters. The minimum Gasteiger partial charge on any atom is -0.396 e. The predicted octanol–water partition coefficient (Wildman–Crippen LogP) is -4.33. The molecule has 0 bridgehead atoms. The molecular formula is C16H36N2O8. The van der Waals surface area contributed by atoms with Crippen LogP contribution in [0.1, 0.15) is 13.8 Å². The van der Waals surface area contributed by atoms with E-state index in [0.717, 1.165) is 0 Å².